The van der Waals surface area contributed by atoms with Crippen LogP contribution in [0.3, 0.4) is 0 Å². The molecule has 0 aromatic rings. The predicted molar refractivity (Wildman–Crippen MR) is 341 cm³/mol. The standard InChI is InChI=1S/C62H105NO51/c1-12(72)63-23-33(82)46(20(9-71)98-53(23)95)108-58-45(94)48(110-61-52(40(89)30(79)18(7-69)104-61)114-62-51(39(88)29(78)19(8-70)105-62)113-57-43(92)36(85)26(75)15(4-66)101-57)32(81)22(107-58)10-96-54-44(93)47(109-60-50(38(87)28(77)17(6-68)103-60)112-56-42(91)35(84)25(74)14(3-65)100-56)31(80)21(106-54)11-97-59-49(37(86)27(76)16(5-67)102-59)111-55-41(90)34(83)24(73)13(2-64)99-55/h13-62,64-71,73-95H,2-11H2,1H3,(H,63,72)/t13?,14?,15?,16?,17?,18?,19?,20?,21?,22?,23?,24-,25-,26-,27-,28-,29-,30-,31?,32?,33-,34+,35?,36?,37+,38?,39?,40?,41?,42?,43?,44?,45?,46?,47+,48+,49?,50?,51?,52?,53-,54+,55-,56?,57-,58+,59+,60?,61-,62-/m1/s1. The quantitative estimate of drug-likeness (QED) is 0.0331. The fourth-order valence-electron chi connectivity index (χ4n) is 14.6. The van der Waals surface area contributed by atoms with Gasteiger partial charge in [0, 0.05) is 6.92 Å². The highest BCUT2D eigenvalue weighted by Crippen LogP contribution is 2.41. The molecule has 0 aromatic carbocycles. The number of amides is 1. The summed E-state index contributed by atoms with van der Waals surface area (Å²) in [4.78, 5) is 12.4. The molecule has 0 saturated carbocycles. The molecule has 10 rings (SSSR count). The zero-order chi connectivity index (χ0) is 83.7. The number of aliphatic hydroxyl groups is 31. The Bertz CT molecular complexity index is 2920. The van der Waals surface area contributed by atoms with Crippen LogP contribution in [0.1, 0.15) is 6.92 Å². The Morgan fingerprint density at radius 3 is 0.789 bits per heavy atom. The Morgan fingerprint density at radius 1 is 0.228 bits per heavy atom. The van der Waals surface area contributed by atoms with E-state index in [9.17, 15) is 163 Å². The Balaban J connectivity index is 0.999. The van der Waals surface area contributed by atoms with Gasteiger partial charge in [-0.05, 0) is 0 Å². The SMILES string of the molecule is CC(=O)NC1[C@@H](O)C(O[C@@H]2OC(CO[C@H]3OC(CO[C@H]4OC(CO)[C@@H](O)[C@H](O)C4O[C@H]4OC(CO)[C@@H](O)[C@H](O)C4O)C(O)[C@H](OC4OC(CO)[C@@H](O)C(O)C4OC4OC(CO)[C@@H](O)C(O)C4O)C3O)C(O)[C@H](O[C@H]3OC(CO)[C@@H](O)C(O)C3O[C@H]3OC(CO)[C@@H](O)C(O)C3O[C@H]3OC(CO)[C@@H](O)C(O)C3O)C2O)C(CO)O[C@H]1O. The largest absolute Gasteiger partial charge is 0.394 e. The van der Waals surface area contributed by atoms with E-state index in [1.807, 2.05) is 0 Å². The third kappa shape index (κ3) is 19.7. The van der Waals surface area contributed by atoms with Crippen molar-refractivity contribution in [2.45, 2.75) is 314 Å². The summed E-state index contributed by atoms with van der Waals surface area (Å²) in [5.41, 5.74) is 0. The molecule has 30 unspecified atom stereocenters. The molecular formula is C62H105NO51. The normalized spacial score (nSPS) is 52.6. The Hall–Kier alpha value is -2.53. The Morgan fingerprint density at radius 2 is 0.465 bits per heavy atom. The maximum absolute atomic E-state index is 12.6. The van der Waals surface area contributed by atoms with Gasteiger partial charge in [-0.1, -0.05) is 0 Å². The molecule has 114 heavy (non-hydrogen) atoms. The van der Waals surface area contributed by atoms with Crippen LogP contribution in [0.25, 0.3) is 0 Å². The summed E-state index contributed by atoms with van der Waals surface area (Å²) in [5, 5.41) is 344. The number of aliphatic hydroxyl groups excluding tert-OH is 31. The van der Waals surface area contributed by atoms with E-state index in [0.717, 1.165) is 6.92 Å². The van der Waals surface area contributed by atoms with Crippen LogP contribution >= 0.6 is 0 Å². The summed E-state index contributed by atoms with van der Waals surface area (Å²) in [6, 6.07) is -1.81. The first-order chi connectivity index (χ1) is 54.0. The zero-order valence-corrected chi connectivity index (χ0v) is 60.0. The average Bonchev–Trinajstić information content (AvgIpc) is 0.768. The van der Waals surface area contributed by atoms with Crippen LogP contribution in [0.15, 0.2) is 0 Å². The number of hydrogen-bond acceptors (Lipinski definition) is 51. The number of carbonyl (C=O) groups excluding carboxylic acids is 1. The summed E-state index contributed by atoms with van der Waals surface area (Å²) < 4.78 is 111. The molecule has 0 bridgehead atoms. The summed E-state index contributed by atoms with van der Waals surface area (Å²) in [6.45, 7) is -10.3. The lowest BCUT2D eigenvalue weighted by molar-refractivity contribution is -0.408. The van der Waals surface area contributed by atoms with Crippen molar-refractivity contribution < 1.29 is 253 Å². The molecule has 10 saturated heterocycles. The summed E-state index contributed by atoms with van der Waals surface area (Å²) in [6.07, 6.45) is -107. The van der Waals surface area contributed by atoms with Crippen molar-refractivity contribution in [3.8, 4) is 0 Å². The van der Waals surface area contributed by atoms with Gasteiger partial charge >= 0.3 is 0 Å². The number of carbonyl (C=O) groups is 1. The van der Waals surface area contributed by atoms with Gasteiger partial charge in [0.1, 0.15) is 244 Å². The lowest BCUT2D eigenvalue weighted by Crippen LogP contribution is -2.69. The van der Waals surface area contributed by atoms with Crippen LogP contribution in [-0.4, -0.2) is 537 Å². The van der Waals surface area contributed by atoms with Crippen LogP contribution in [-0.2, 0) is 94.8 Å². The molecule has 10 heterocycles. The minimum absolute atomic E-state index is 0.882. The highest BCUT2D eigenvalue weighted by atomic mass is 16.8. The molecule has 1 amide bonds. The van der Waals surface area contributed by atoms with Crippen LogP contribution in [0.2, 0.25) is 0 Å². The van der Waals surface area contributed by atoms with Crippen molar-refractivity contribution in [3.63, 3.8) is 0 Å². The molecule has 0 aliphatic carbocycles. The van der Waals surface area contributed by atoms with Crippen molar-refractivity contribution in [1.29, 1.82) is 0 Å². The van der Waals surface area contributed by atoms with Gasteiger partial charge in [-0.25, -0.2) is 0 Å². The van der Waals surface area contributed by atoms with E-state index in [2.05, 4.69) is 5.32 Å². The Kier molecular flexibility index (Phi) is 33.4. The maximum atomic E-state index is 12.6. The van der Waals surface area contributed by atoms with E-state index in [1.54, 1.807) is 0 Å². The molecule has 32 N–H and O–H groups in total. The molecule has 0 radical (unpaired) electrons. The van der Waals surface area contributed by atoms with Crippen molar-refractivity contribution in [2.75, 3.05) is 66.1 Å². The first-order valence-electron chi connectivity index (χ1n) is 36.2. The van der Waals surface area contributed by atoms with Crippen LogP contribution in [0.5, 0.6) is 0 Å². The maximum Gasteiger partial charge on any atom is 0.217 e. The summed E-state index contributed by atoms with van der Waals surface area (Å²) in [7, 11) is 0. The van der Waals surface area contributed by atoms with E-state index in [4.69, 9.17) is 90.0 Å². The van der Waals surface area contributed by atoms with Gasteiger partial charge < -0.3 is 254 Å². The van der Waals surface area contributed by atoms with Gasteiger partial charge in [-0.2, -0.15) is 0 Å². The lowest BCUT2D eigenvalue weighted by Gasteiger charge is -2.50. The zero-order valence-electron chi connectivity index (χ0n) is 60.0. The van der Waals surface area contributed by atoms with E-state index >= 15 is 0 Å². The van der Waals surface area contributed by atoms with Crippen LogP contribution < -0.4 is 5.32 Å². The topological polar surface area (TPSA) is 832 Å². The molecule has 0 spiro atoms. The van der Waals surface area contributed by atoms with Crippen LogP contribution in [0.4, 0.5) is 0 Å². The minimum Gasteiger partial charge on any atom is -0.394 e. The molecule has 664 valence electrons. The van der Waals surface area contributed by atoms with Gasteiger partial charge in [0.15, 0.2) is 62.9 Å². The fourth-order valence-corrected chi connectivity index (χ4v) is 14.6. The van der Waals surface area contributed by atoms with Crippen molar-refractivity contribution >= 4 is 5.91 Å². The molecule has 10 aliphatic heterocycles. The second kappa shape index (κ2) is 40.6. The molecule has 50 atom stereocenters. The van der Waals surface area contributed by atoms with Gasteiger partial charge in [-0.3, -0.25) is 4.79 Å². The van der Waals surface area contributed by atoms with E-state index in [-0.39, 0.29) is 0 Å². The van der Waals surface area contributed by atoms with Crippen LogP contribution in [0, 0.1) is 0 Å². The number of rotatable bonds is 29. The van der Waals surface area contributed by atoms with E-state index in [0.29, 0.717) is 0 Å². The van der Waals surface area contributed by atoms with Crippen molar-refractivity contribution in [2.24, 2.45) is 0 Å². The smallest absolute Gasteiger partial charge is 0.217 e. The average molecular weight is 1680 g/mol. The molecule has 52 heteroatoms. The van der Waals surface area contributed by atoms with Crippen molar-refractivity contribution in [3.05, 3.63) is 0 Å². The van der Waals surface area contributed by atoms with Gasteiger partial charge in [-0.15, -0.1) is 0 Å². The lowest BCUT2D eigenvalue weighted by atomic mass is 9.94. The molecule has 0 aromatic heterocycles. The fraction of sp³-hybridized carbons (Fsp3) is 0.984. The summed E-state index contributed by atoms with van der Waals surface area (Å²) in [5.74, 6) is -0.882. The monoisotopic (exact) mass is 1680 g/mol. The second-order valence-corrected chi connectivity index (χ2v) is 28.8. The number of nitrogens with one attached hydrogen (secondary N) is 1. The van der Waals surface area contributed by atoms with E-state index < -0.39 is 379 Å². The highest BCUT2D eigenvalue weighted by Gasteiger charge is 2.61. The number of hydrogen-bond donors (Lipinski definition) is 32. The summed E-state index contributed by atoms with van der Waals surface area (Å²) >= 11 is 0. The van der Waals surface area contributed by atoms with Gasteiger partial charge in [0.05, 0.1) is 66.1 Å². The first kappa shape index (κ1) is 93.7. The minimum atomic E-state index is -2.57. The van der Waals surface area contributed by atoms with Gasteiger partial charge in [0.25, 0.3) is 0 Å². The molecule has 52 nitrogen and oxygen atoms in total. The Labute approximate surface area is 642 Å². The molecule has 10 fully saturated rings. The van der Waals surface area contributed by atoms with Crippen molar-refractivity contribution in [1.82, 2.24) is 5.32 Å². The van der Waals surface area contributed by atoms with Gasteiger partial charge in [0.2, 0.25) is 5.91 Å². The first-order valence-corrected chi connectivity index (χ1v) is 36.2. The molecule has 10 aliphatic rings. The predicted octanol–water partition coefficient (Wildman–Crippen LogP) is -22.7. The molecular weight excluding hydrogens is 1570 g/mol. The third-order valence-corrected chi connectivity index (χ3v) is 21.3. The number of ether oxygens (including phenoxy) is 19. The third-order valence-electron chi connectivity index (χ3n) is 21.3. The highest BCUT2D eigenvalue weighted by molar-refractivity contribution is 5.73. The second-order valence-electron chi connectivity index (χ2n) is 28.8. The van der Waals surface area contributed by atoms with E-state index in [1.165, 1.54) is 0 Å².